The molecule has 1 saturated heterocycles. The van der Waals surface area contributed by atoms with Crippen molar-refractivity contribution < 1.29 is 4.79 Å². The van der Waals surface area contributed by atoms with Gasteiger partial charge in [-0.3, -0.25) is 0 Å². The summed E-state index contributed by atoms with van der Waals surface area (Å²) in [5.41, 5.74) is 5.61. The second-order valence-corrected chi connectivity index (χ2v) is 5.22. The van der Waals surface area contributed by atoms with E-state index < -0.39 is 0 Å². The molecular formula is C13H21ClN6O. The van der Waals surface area contributed by atoms with E-state index >= 15 is 0 Å². The predicted octanol–water partition coefficient (Wildman–Crippen LogP) is 1.30. The average molecular weight is 313 g/mol. The Labute approximate surface area is 129 Å². The second kappa shape index (κ2) is 6.80. The maximum absolute atomic E-state index is 12.3. The van der Waals surface area contributed by atoms with E-state index in [1.165, 1.54) is 0 Å². The fourth-order valence-electron chi connectivity index (χ4n) is 2.41. The minimum atomic E-state index is 0.0971. The zero-order valence-electron chi connectivity index (χ0n) is 12.4. The van der Waals surface area contributed by atoms with Gasteiger partial charge in [0.1, 0.15) is 11.0 Å². The van der Waals surface area contributed by atoms with Crippen LogP contribution in [-0.4, -0.2) is 65.1 Å². The molecule has 0 aliphatic carbocycles. The van der Waals surface area contributed by atoms with Gasteiger partial charge in [0.05, 0.1) is 0 Å². The molecule has 0 bridgehead atoms. The maximum atomic E-state index is 12.3. The summed E-state index contributed by atoms with van der Waals surface area (Å²) in [6.45, 7) is 8.18. The second-order valence-electron chi connectivity index (χ2n) is 4.84. The minimum absolute atomic E-state index is 0.0971. The van der Waals surface area contributed by atoms with Crippen LogP contribution in [0.2, 0.25) is 5.15 Å². The van der Waals surface area contributed by atoms with E-state index in [4.69, 9.17) is 17.3 Å². The Balaban J connectivity index is 1.98. The number of halogens is 1. The lowest BCUT2D eigenvalue weighted by molar-refractivity contribution is 0.154. The summed E-state index contributed by atoms with van der Waals surface area (Å²) < 4.78 is 0. The van der Waals surface area contributed by atoms with E-state index in [2.05, 4.69) is 14.9 Å². The van der Waals surface area contributed by atoms with Gasteiger partial charge in [0.2, 0.25) is 5.95 Å². The number of anilines is 2. The summed E-state index contributed by atoms with van der Waals surface area (Å²) in [5, 5.41) is 0.333. The van der Waals surface area contributed by atoms with Crippen LogP contribution in [0.15, 0.2) is 6.07 Å². The number of amides is 2. The highest BCUT2D eigenvalue weighted by Gasteiger charge is 2.24. The topological polar surface area (TPSA) is 78.6 Å². The molecule has 116 valence electrons. The molecule has 2 heterocycles. The lowest BCUT2D eigenvalue weighted by Gasteiger charge is -2.37. The summed E-state index contributed by atoms with van der Waals surface area (Å²) in [4.78, 5) is 26.1. The molecule has 1 aromatic heterocycles. The van der Waals surface area contributed by atoms with Crippen molar-refractivity contribution in [1.82, 2.24) is 19.8 Å². The van der Waals surface area contributed by atoms with Crippen molar-refractivity contribution in [3.05, 3.63) is 11.2 Å². The Morgan fingerprint density at radius 3 is 2.43 bits per heavy atom. The molecule has 1 aliphatic rings. The molecule has 8 heteroatoms. The van der Waals surface area contributed by atoms with Crippen LogP contribution in [0.4, 0.5) is 16.6 Å². The maximum Gasteiger partial charge on any atom is 0.320 e. The number of rotatable bonds is 3. The molecule has 0 saturated carbocycles. The Morgan fingerprint density at radius 2 is 1.90 bits per heavy atom. The molecule has 1 aromatic rings. The van der Waals surface area contributed by atoms with Crippen LogP contribution in [0.1, 0.15) is 13.8 Å². The van der Waals surface area contributed by atoms with Crippen LogP contribution in [0.25, 0.3) is 0 Å². The zero-order valence-corrected chi connectivity index (χ0v) is 13.2. The number of aromatic nitrogens is 2. The van der Waals surface area contributed by atoms with Crippen LogP contribution in [0.5, 0.6) is 0 Å². The van der Waals surface area contributed by atoms with E-state index in [0.29, 0.717) is 37.1 Å². The van der Waals surface area contributed by atoms with Crippen LogP contribution < -0.4 is 10.6 Å². The van der Waals surface area contributed by atoms with E-state index in [-0.39, 0.29) is 12.0 Å². The first-order valence-corrected chi connectivity index (χ1v) is 7.51. The number of urea groups is 1. The normalized spacial score (nSPS) is 15.2. The van der Waals surface area contributed by atoms with Gasteiger partial charge in [-0.05, 0) is 13.8 Å². The van der Waals surface area contributed by atoms with Crippen molar-refractivity contribution in [3.8, 4) is 0 Å². The SMILES string of the molecule is CCN(CC)C(=O)N1CCN(c2cc(Cl)nc(N)n2)CC1. The fraction of sp³-hybridized carbons (Fsp3) is 0.615. The van der Waals surface area contributed by atoms with Crippen LogP contribution in [0, 0.1) is 0 Å². The van der Waals surface area contributed by atoms with Gasteiger partial charge in [-0.1, -0.05) is 11.6 Å². The minimum Gasteiger partial charge on any atom is -0.368 e. The monoisotopic (exact) mass is 312 g/mol. The lowest BCUT2D eigenvalue weighted by Crippen LogP contribution is -2.53. The highest BCUT2D eigenvalue weighted by atomic mass is 35.5. The van der Waals surface area contributed by atoms with Gasteiger partial charge in [-0.25, -0.2) is 9.78 Å². The van der Waals surface area contributed by atoms with Gasteiger partial charge in [-0.2, -0.15) is 4.98 Å². The van der Waals surface area contributed by atoms with Gasteiger partial charge in [0, 0.05) is 45.3 Å². The van der Waals surface area contributed by atoms with Gasteiger partial charge in [0.25, 0.3) is 0 Å². The van der Waals surface area contributed by atoms with Gasteiger partial charge >= 0.3 is 6.03 Å². The van der Waals surface area contributed by atoms with Crippen molar-refractivity contribution in [1.29, 1.82) is 0 Å². The third-order valence-electron chi connectivity index (χ3n) is 3.61. The van der Waals surface area contributed by atoms with Crippen LogP contribution in [0.3, 0.4) is 0 Å². The average Bonchev–Trinajstić information content (AvgIpc) is 2.47. The number of nitrogens with zero attached hydrogens (tertiary/aromatic N) is 5. The number of carbonyl (C=O) groups is 1. The van der Waals surface area contributed by atoms with Crippen molar-refractivity contribution in [2.75, 3.05) is 49.9 Å². The number of hydrogen-bond donors (Lipinski definition) is 1. The van der Waals surface area contributed by atoms with E-state index in [0.717, 1.165) is 13.1 Å². The molecule has 21 heavy (non-hydrogen) atoms. The molecule has 1 aliphatic heterocycles. The summed E-state index contributed by atoms with van der Waals surface area (Å²) in [7, 11) is 0. The van der Waals surface area contributed by atoms with Crippen molar-refractivity contribution in [2.45, 2.75) is 13.8 Å². The molecule has 0 radical (unpaired) electrons. The van der Waals surface area contributed by atoms with Gasteiger partial charge in [0.15, 0.2) is 0 Å². The highest BCUT2D eigenvalue weighted by Crippen LogP contribution is 2.19. The van der Waals surface area contributed by atoms with E-state index in [1.54, 1.807) is 6.07 Å². The molecule has 7 nitrogen and oxygen atoms in total. The highest BCUT2D eigenvalue weighted by molar-refractivity contribution is 6.29. The third-order valence-corrected chi connectivity index (χ3v) is 3.80. The first kappa shape index (κ1) is 15.6. The van der Waals surface area contributed by atoms with Crippen molar-refractivity contribution >= 4 is 29.4 Å². The Hall–Kier alpha value is -1.76. The first-order chi connectivity index (χ1) is 10.0. The largest absolute Gasteiger partial charge is 0.368 e. The molecular weight excluding hydrogens is 292 g/mol. The lowest BCUT2D eigenvalue weighted by atomic mass is 10.3. The molecule has 0 atom stereocenters. The number of nitrogens with two attached hydrogens (primary N) is 1. The van der Waals surface area contributed by atoms with Gasteiger partial charge < -0.3 is 20.4 Å². The molecule has 0 spiro atoms. The van der Waals surface area contributed by atoms with E-state index in [1.807, 2.05) is 23.6 Å². The van der Waals surface area contributed by atoms with Gasteiger partial charge in [-0.15, -0.1) is 0 Å². The van der Waals surface area contributed by atoms with Crippen molar-refractivity contribution in [3.63, 3.8) is 0 Å². The number of hydrogen-bond acceptors (Lipinski definition) is 5. The Morgan fingerprint density at radius 1 is 1.29 bits per heavy atom. The Kier molecular flexibility index (Phi) is 5.06. The van der Waals surface area contributed by atoms with Crippen LogP contribution >= 0.6 is 11.6 Å². The molecule has 0 aromatic carbocycles. The molecule has 0 unspecified atom stereocenters. The summed E-state index contributed by atoms with van der Waals surface area (Å²) >= 11 is 5.90. The standard InChI is InChI=1S/C13H21ClN6O/c1-3-18(4-2)13(21)20-7-5-19(6-8-20)11-9-10(14)16-12(15)17-11/h9H,3-8H2,1-2H3,(H2,15,16,17). The molecule has 2 rings (SSSR count). The van der Waals surface area contributed by atoms with Crippen LogP contribution in [-0.2, 0) is 0 Å². The number of piperazine rings is 1. The number of carbonyl (C=O) groups excluding carboxylic acids is 1. The van der Waals surface area contributed by atoms with Crippen molar-refractivity contribution in [2.24, 2.45) is 0 Å². The fourth-order valence-corrected chi connectivity index (χ4v) is 2.59. The summed E-state index contributed by atoms with van der Waals surface area (Å²) in [5.74, 6) is 0.876. The number of nitrogen functional groups attached to an aromatic ring is 1. The predicted molar refractivity (Wildman–Crippen MR) is 83.6 cm³/mol. The smallest absolute Gasteiger partial charge is 0.320 e. The Bertz CT molecular complexity index is 479. The molecule has 2 N–H and O–H groups in total. The third kappa shape index (κ3) is 3.66. The first-order valence-electron chi connectivity index (χ1n) is 7.14. The molecule has 2 amide bonds. The quantitative estimate of drug-likeness (QED) is 0.851. The van der Waals surface area contributed by atoms with E-state index in [9.17, 15) is 4.79 Å². The molecule has 1 fully saturated rings. The summed E-state index contributed by atoms with van der Waals surface area (Å²) in [6, 6.07) is 1.79. The summed E-state index contributed by atoms with van der Waals surface area (Å²) in [6.07, 6.45) is 0. The zero-order chi connectivity index (χ0) is 15.4.